The maximum absolute atomic E-state index is 13.2. The van der Waals surface area contributed by atoms with E-state index in [0.717, 1.165) is 46.2 Å². The molecule has 0 saturated carbocycles. The third-order valence-corrected chi connectivity index (χ3v) is 7.21. The van der Waals surface area contributed by atoms with Gasteiger partial charge in [-0.05, 0) is 36.3 Å². The molecule has 31 heavy (non-hydrogen) atoms. The molecular formula is C22H26N4O4S. The average molecular weight is 443 g/mol. The number of amides is 5. The normalized spacial score (nSPS) is 19.5. The molecular weight excluding hydrogens is 416 g/mol. The summed E-state index contributed by atoms with van der Waals surface area (Å²) in [6.45, 7) is 0.282. The maximum atomic E-state index is 13.2. The molecule has 1 atom stereocenters. The van der Waals surface area contributed by atoms with Crippen molar-refractivity contribution >= 4 is 45.2 Å². The standard InChI is InChI=1S/C22H26N4O4S/c1-23-21(29)20-16(15-8-4-5-9-17(15)31-20)11-14-7-3-2-6-10-25(14)19(28)13-26-18(27)12-24-22(26)30/h4-5,8-9,14H,2-3,6-7,10-13H2,1H3,(H,23,29)(H,24,30)/t14-/m0/s1. The van der Waals surface area contributed by atoms with Gasteiger partial charge in [0.1, 0.15) is 6.54 Å². The van der Waals surface area contributed by atoms with Crippen LogP contribution in [0.1, 0.15) is 40.9 Å². The lowest BCUT2D eigenvalue weighted by Gasteiger charge is -2.31. The number of carbonyl (C=O) groups is 4. The van der Waals surface area contributed by atoms with Crippen molar-refractivity contribution in [2.75, 3.05) is 26.7 Å². The Labute approximate surface area is 184 Å². The molecule has 2 N–H and O–H groups in total. The highest BCUT2D eigenvalue weighted by Crippen LogP contribution is 2.34. The number of rotatable bonds is 5. The minimum Gasteiger partial charge on any atom is -0.354 e. The number of benzene rings is 1. The molecule has 2 fully saturated rings. The Morgan fingerprint density at radius 2 is 2.00 bits per heavy atom. The number of fused-ring (bicyclic) bond motifs is 1. The Balaban J connectivity index is 1.62. The number of urea groups is 1. The molecule has 4 rings (SSSR count). The van der Waals surface area contributed by atoms with Gasteiger partial charge in [-0.3, -0.25) is 19.3 Å². The molecule has 1 aromatic carbocycles. The van der Waals surface area contributed by atoms with Crippen LogP contribution in [0.15, 0.2) is 24.3 Å². The van der Waals surface area contributed by atoms with E-state index in [-0.39, 0.29) is 36.9 Å². The zero-order valence-corrected chi connectivity index (χ0v) is 18.3. The van der Waals surface area contributed by atoms with Crippen molar-refractivity contribution in [3.8, 4) is 0 Å². The fourth-order valence-corrected chi connectivity index (χ4v) is 5.57. The van der Waals surface area contributed by atoms with Gasteiger partial charge in [-0.15, -0.1) is 11.3 Å². The van der Waals surface area contributed by atoms with Crippen molar-refractivity contribution in [3.05, 3.63) is 34.7 Å². The number of hydrogen-bond donors (Lipinski definition) is 2. The third-order valence-electron chi connectivity index (χ3n) is 6.00. The first kappa shape index (κ1) is 21.3. The van der Waals surface area contributed by atoms with Crippen molar-refractivity contribution < 1.29 is 19.2 Å². The van der Waals surface area contributed by atoms with E-state index in [1.165, 1.54) is 11.3 Å². The van der Waals surface area contributed by atoms with Crippen molar-refractivity contribution in [3.63, 3.8) is 0 Å². The summed E-state index contributed by atoms with van der Waals surface area (Å²) in [5.74, 6) is -0.726. The highest BCUT2D eigenvalue weighted by molar-refractivity contribution is 7.21. The SMILES string of the molecule is CNC(=O)c1sc2ccccc2c1C[C@@H]1CCCCCN1C(=O)CN1C(=O)CNC1=O. The second kappa shape index (κ2) is 9.05. The van der Waals surface area contributed by atoms with Crippen LogP contribution in [0.5, 0.6) is 0 Å². The zero-order chi connectivity index (χ0) is 22.0. The Morgan fingerprint density at radius 1 is 1.19 bits per heavy atom. The molecule has 0 spiro atoms. The summed E-state index contributed by atoms with van der Waals surface area (Å²) in [4.78, 5) is 53.0. The number of nitrogens with zero attached hydrogens (tertiary/aromatic N) is 2. The number of thiophene rings is 1. The van der Waals surface area contributed by atoms with Gasteiger partial charge in [0.25, 0.3) is 11.8 Å². The lowest BCUT2D eigenvalue weighted by atomic mass is 9.98. The van der Waals surface area contributed by atoms with E-state index < -0.39 is 6.03 Å². The van der Waals surface area contributed by atoms with E-state index >= 15 is 0 Å². The molecule has 5 amide bonds. The summed E-state index contributed by atoms with van der Waals surface area (Å²) in [5.41, 5.74) is 0.958. The summed E-state index contributed by atoms with van der Waals surface area (Å²) in [6.07, 6.45) is 4.29. The molecule has 2 aromatic rings. The topological polar surface area (TPSA) is 98.8 Å². The number of imide groups is 1. The van der Waals surface area contributed by atoms with Crippen LogP contribution in [0.25, 0.3) is 10.1 Å². The molecule has 8 nitrogen and oxygen atoms in total. The van der Waals surface area contributed by atoms with Crippen molar-refractivity contribution in [1.82, 2.24) is 20.4 Å². The van der Waals surface area contributed by atoms with Crippen LogP contribution in [-0.4, -0.2) is 66.3 Å². The zero-order valence-electron chi connectivity index (χ0n) is 17.5. The van der Waals surface area contributed by atoms with Crippen LogP contribution in [0.2, 0.25) is 0 Å². The highest BCUT2D eigenvalue weighted by atomic mass is 32.1. The Hall–Kier alpha value is -2.94. The number of likely N-dealkylation sites (tertiary alicyclic amines) is 1. The van der Waals surface area contributed by atoms with Crippen molar-refractivity contribution in [2.24, 2.45) is 0 Å². The predicted octanol–water partition coefficient (Wildman–Crippen LogP) is 2.13. The van der Waals surface area contributed by atoms with E-state index in [9.17, 15) is 19.2 Å². The fraction of sp³-hybridized carbons (Fsp3) is 0.455. The molecule has 0 bridgehead atoms. The lowest BCUT2D eigenvalue weighted by molar-refractivity contribution is -0.138. The lowest BCUT2D eigenvalue weighted by Crippen LogP contribution is -2.48. The van der Waals surface area contributed by atoms with Gasteiger partial charge in [0.15, 0.2) is 0 Å². The first-order valence-corrected chi connectivity index (χ1v) is 11.4. The summed E-state index contributed by atoms with van der Waals surface area (Å²) in [5, 5.41) is 6.22. The number of hydrogen-bond acceptors (Lipinski definition) is 5. The average Bonchev–Trinajstić information content (AvgIpc) is 3.18. The Kier molecular flexibility index (Phi) is 6.22. The van der Waals surface area contributed by atoms with Gasteiger partial charge >= 0.3 is 6.03 Å². The monoisotopic (exact) mass is 442 g/mol. The van der Waals surface area contributed by atoms with Crippen LogP contribution in [-0.2, 0) is 16.0 Å². The van der Waals surface area contributed by atoms with Crippen LogP contribution >= 0.6 is 11.3 Å². The van der Waals surface area contributed by atoms with Crippen molar-refractivity contribution in [1.29, 1.82) is 0 Å². The second-order valence-corrected chi connectivity index (χ2v) is 8.97. The smallest absolute Gasteiger partial charge is 0.325 e. The highest BCUT2D eigenvalue weighted by Gasteiger charge is 2.34. The molecule has 2 aliphatic heterocycles. The predicted molar refractivity (Wildman–Crippen MR) is 118 cm³/mol. The molecule has 0 aliphatic carbocycles. The quantitative estimate of drug-likeness (QED) is 0.693. The minimum absolute atomic E-state index is 0.0636. The van der Waals surface area contributed by atoms with E-state index in [0.29, 0.717) is 17.8 Å². The van der Waals surface area contributed by atoms with E-state index in [4.69, 9.17) is 0 Å². The third kappa shape index (κ3) is 4.27. The van der Waals surface area contributed by atoms with Gasteiger partial charge in [0.05, 0.1) is 11.4 Å². The van der Waals surface area contributed by atoms with E-state index in [2.05, 4.69) is 10.6 Å². The summed E-state index contributed by atoms with van der Waals surface area (Å²) < 4.78 is 1.04. The van der Waals surface area contributed by atoms with Gasteiger partial charge in [0.2, 0.25) is 5.91 Å². The number of carbonyl (C=O) groups excluding carboxylic acids is 4. The van der Waals surface area contributed by atoms with Crippen LogP contribution < -0.4 is 10.6 Å². The molecule has 9 heteroatoms. The second-order valence-electron chi connectivity index (χ2n) is 7.92. The van der Waals surface area contributed by atoms with Gasteiger partial charge in [-0.2, -0.15) is 0 Å². The van der Waals surface area contributed by atoms with E-state index in [1.54, 1.807) is 7.05 Å². The van der Waals surface area contributed by atoms with Crippen LogP contribution in [0.3, 0.4) is 0 Å². The summed E-state index contributed by atoms with van der Waals surface area (Å²) in [6, 6.07) is 7.33. The molecule has 2 saturated heterocycles. The van der Waals surface area contributed by atoms with Gasteiger partial charge in [-0.25, -0.2) is 4.79 Å². The van der Waals surface area contributed by atoms with Gasteiger partial charge < -0.3 is 15.5 Å². The first-order chi connectivity index (χ1) is 15.0. The summed E-state index contributed by atoms with van der Waals surface area (Å²) >= 11 is 1.47. The van der Waals surface area contributed by atoms with Crippen molar-refractivity contribution in [2.45, 2.75) is 38.1 Å². The number of nitrogens with one attached hydrogen (secondary N) is 2. The Morgan fingerprint density at radius 3 is 2.74 bits per heavy atom. The van der Waals surface area contributed by atoms with Gasteiger partial charge in [0, 0.05) is 24.3 Å². The van der Waals surface area contributed by atoms with Crippen LogP contribution in [0.4, 0.5) is 4.79 Å². The molecule has 3 heterocycles. The molecule has 0 radical (unpaired) electrons. The first-order valence-electron chi connectivity index (χ1n) is 10.6. The Bertz CT molecular complexity index is 1020. The minimum atomic E-state index is -0.518. The summed E-state index contributed by atoms with van der Waals surface area (Å²) in [7, 11) is 1.62. The molecule has 164 valence electrons. The van der Waals surface area contributed by atoms with Crippen LogP contribution in [0, 0.1) is 0 Å². The largest absolute Gasteiger partial charge is 0.354 e. The molecule has 0 unspecified atom stereocenters. The maximum Gasteiger partial charge on any atom is 0.325 e. The molecule has 2 aliphatic rings. The van der Waals surface area contributed by atoms with E-state index in [1.807, 2.05) is 29.2 Å². The fourth-order valence-electron chi connectivity index (χ4n) is 4.39. The van der Waals surface area contributed by atoms with Gasteiger partial charge in [-0.1, -0.05) is 31.0 Å². The molecule has 1 aromatic heterocycles.